The number of nitrogens with zero attached hydrogens (tertiary/aromatic N) is 3. The van der Waals surface area contributed by atoms with E-state index in [4.69, 9.17) is 4.74 Å². The molecule has 1 unspecified atom stereocenters. The van der Waals surface area contributed by atoms with Gasteiger partial charge in [0.2, 0.25) is 0 Å². The lowest BCUT2D eigenvalue weighted by molar-refractivity contribution is 0.0362. The molecule has 2 aliphatic rings. The molecule has 0 saturated carbocycles. The van der Waals surface area contributed by atoms with Gasteiger partial charge in [-0.3, -0.25) is 14.3 Å². The van der Waals surface area contributed by atoms with Crippen molar-refractivity contribution in [2.24, 2.45) is 0 Å². The Labute approximate surface area is 188 Å². The minimum absolute atomic E-state index is 0.0361. The zero-order chi connectivity index (χ0) is 22.1. The quantitative estimate of drug-likeness (QED) is 0.613. The molecule has 1 atom stereocenters. The summed E-state index contributed by atoms with van der Waals surface area (Å²) in [6.07, 6.45) is 4.05. The molecule has 9 heteroatoms. The Bertz CT molecular complexity index is 1170. The van der Waals surface area contributed by atoms with E-state index in [-0.39, 0.29) is 18.1 Å². The highest BCUT2D eigenvalue weighted by molar-refractivity contribution is 7.18. The number of benzene rings is 1. The van der Waals surface area contributed by atoms with Gasteiger partial charge in [0.05, 0.1) is 24.9 Å². The van der Waals surface area contributed by atoms with Crippen molar-refractivity contribution in [2.45, 2.75) is 38.4 Å². The molecule has 1 fully saturated rings. The van der Waals surface area contributed by atoms with Gasteiger partial charge in [-0.05, 0) is 43.0 Å². The molecule has 0 amide bonds. The van der Waals surface area contributed by atoms with Gasteiger partial charge < -0.3 is 10.1 Å². The molecule has 3 aromatic rings. The van der Waals surface area contributed by atoms with Crippen LogP contribution in [0.25, 0.3) is 10.2 Å². The third-order valence-corrected chi connectivity index (χ3v) is 7.55. The standard InChI is InChI=1S/C23H26F2N4O2S/c24-16-1-4-19(25)15(11-16)13-26-17-2-3-18-20(12-17)32-22-21(18)23(30)29(14-27-22)6-5-28-7-9-31-10-8-28/h1,4,11,14,17,26H,2-3,5-10,12-13H2. The van der Waals surface area contributed by atoms with Gasteiger partial charge in [-0.25, -0.2) is 13.8 Å². The fourth-order valence-electron chi connectivity index (χ4n) is 4.54. The third kappa shape index (κ3) is 4.47. The van der Waals surface area contributed by atoms with Gasteiger partial charge in [-0.15, -0.1) is 11.3 Å². The minimum atomic E-state index is -0.436. The molecule has 1 aliphatic carbocycles. The van der Waals surface area contributed by atoms with Crippen molar-refractivity contribution in [1.29, 1.82) is 0 Å². The van der Waals surface area contributed by atoms with Gasteiger partial charge in [0.15, 0.2) is 0 Å². The Hall–Kier alpha value is -2.20. The topological polar surface area (TPSA) is 59.4 Å². The van der Waals surface area contributed by atoms with Crippen molar-refractivity contribution in [2.75, 3.05) is 32.8 Å². The summed E-state index contributed by atoms with van der Waals surface area (Å²) in [5.41, 5.74) is 1.48. The van der Waals surface area contributed by atoms with Crippen LogP contribution in [0.4, 0.5) is 8.78 Å². The number of hydrogen-bond donors (Lipinski definition) is 1. The molecule has 0 spiro atoms. The van der Waals surface area contributed by atoms with E-state index >= 15 is 0 Å². The van der Waals surface area contributed by atoms with Crippen molar-refractivity contribution in [1.82, 2.24) is 19.8 Å². The van der Waals surface area contributed by atoms with Crippen LogP contribution < -0.4 is 10.9 Å². The van der Waals surface area contributed by atoms with Gasteiger partial charge in [0.25, 0.3) is 5.56 Å². The second-order valence-corrected chi connectivity index (χ2v) is 9.52. The number of hydrogen-bond acceptors (Lipinski definition) is 6. The molecule has 1 saturated heterocycles. The molecule has 5 rings (SSSR count). The van der Waals surface area contributed by atoms with Crippen molar-refractivity contribution in [3.05, 3.63) is 62.5 Å². The largest absolute Gasteiger partial charge is 0.379 e. The summed E-state index contributed by atoms with van der Waals surface area (Å²) in [6, 6.07) is 3.68. The first-order chi connectivity index (χ1) is 15.6. The molecule has 170 valence electrons. The molecule has 1 N–H and O–H groups in total. The lowest BCUT2D eigenvalue weighted by atomic mass is 9.93. The maximum absolute atomic E-state index is 13.9. The fourth-order valence-corrected chi connectivity index (χ4v) is 5.80. The maximum Gasteiger partial charge on any atom is 0.262 e. The summed E-state index contributed by atoms with van der Waals surface area (Å²) in [6.45, 7) is 4.98. The number of ether oxygens (including phenoxy) is 1. The predicted octanol–water partition coefficient (Wildman–Crippen LogP) is 2.72. The molecular weight excluding hydrogens is 434 g/mol. The van der Waals surface area contributed by atoms with Crippen molar-refractivity contribution in [3.8, 4) is 0 Å². The van der Waals surface area contributed by atoms with Crippen LogP contribution in [-0.2, 0) is 30.7 Å². The number of nitrogens with one attached hydrogen (secondary N) is 1. The summed E-state index contributed by atoms with van der Waals surface area (Å²) in [7, 11) is 0. The monoisotopic (exact) mass is 460 g/mol. The number of rotatable bonds is 6. The molecule has 6 nitrogen and oxygen atoms in total. The number of fused-ring (bicyclic) bond motifs is 3. The maximum atomic E-state index is 13.9. The van der Waals surface area contributed by atoms with Crippen LogP contribution >= 0.6 is 11.3 Å². The first kappa shape index (κ1) is 21.6. The molecule has 3 heterocycles. The summed E-state index contributed by atoms with van der Waals surface area (Å²) >= 11 is 1.57. The van der Waals surface area contributed by atoms with Crippen LogP contribution in [0.1, 0.15) is 22.4 Å². The van der Waals surface area contributed by atoms with Gasteiger partial charge in [-0.2, -0.15) is 0 Å². The van der Waals surface area contributed by atoms with Crippen LogP contribution in [0.3, 0.4) is 0 Å². The van der Waals surface area contributed by atoms with Crippen LogP contribution in [0.5, 0.6) is 0 Å². The molecule has 2 aromatic heterocycles. The Morgan fingerprint density at radius 3 is 2.91 bits per heavy atom. The van der Waals surface area contributed by atoms with E-state index in [1.807, 2.05) is 0 Å². The van der Waals surface area contributed by atoms with Crippen molar-refractivity contribution >= 4 is 21.6 Å². The first-order valence-electron chi connectivity index (χ1n) is 11.1. The molecule has 32 heavy (non-hydrogen) atoms. The number of morpholine rings is 1. The van der Waals surface area contributed by atoms with E-state index in [9.17, 15) is 13.6 Å². The summed E-state index contributed by atoms with van der Waals surface area (Å²) < 4.78 is 34.4. The van der Waals surface area contributed by atoms with Crippen molar-refractivity contribution in [3.63, 3.8) is 0 Å². The Morgan fingerprint density at radius 1 is 1.22 bits per heavy atom. The SMILES string of the molecule is O=c1c2c3c(sc2ncn1CCN1CCOCC1)CC(NCc1cc(F)ccc1F)CC3. The lowest BCUT2D eigenvalue weighted by Gasteiger charge is -2.26. The van der Waals surface area contributed by atoms with Gasteiger partial charge in [0.1, 0.15) is 16.5 Å². The van der Waals surface area contributed by atoms with E-state index in [0.29, 0.717) is 12.1 Å². The van der Waals surface area contributed by atoms with E-state index in [2.05, 4.69) is 15.2 Å². The number of thiophene rings is 1. The van der Waals surface area contributed by atoms with Crippen LogP contribution in [-0.4, -0.2) is 53.3 Å². The number of aryl methyl sites for hydroxylation is 1. The highest BCUT2D eigenvalue weighted by Crippen LogP contribution is 2.33. The molecule has 0 bridgehead atoms. The molecule has 1 aromatic carbocycles. The van der Waals surface area contributed by atoms with Crippen LogP contribution in [0.2, 0.25) is 0 Å². The number of halogens is 2. The second kappa shape index (κ2) is 9.35. The highest BCUT2D eigenvalue weighted by atomic mass is 32.1. The third-order valence-electron chi connectivity index (χ3n) is 6.39. The zero-order valence-corrected chi connectivity index (χ0v) is 18.6. The Morgan fingerprint density at radius 2 is 2.06 bits per heavy atom. The van der Waals surface area contributed by atoms with Gasteiger partial charge in [0, 0.05) is 49.2 Å². The smallest absolute Gasteiger partial charge is 0.262 e. The fraction of sp³-hybridized carbons (Fsp3) is 0.478. The lowest BCUT2D eigenvalue weighted by Crippen LogP contribution is -2.39. The second-order valence-electron chi connectivity index (χ2n) is 8.44. The average molecular weight is 461 g/mol. The van der Waals surface area contributed by atoms with E-state index in [0.717, 1.165) is 80.0 Å². The normalized spacial score (nSPS) is 19.4. The average Bonchev–Trinajstić information content (AvgIpc) is 3.18. The van der Waals surface area contributed by atoms with Crippen molar-refractivity contribution < 1.29 is 13.5 Å². The van der Waals surface area contributed by atoms with Gasteiger partial charge in [-0.1, -0.05) is 0 Å². The minimum Gasteiger partial charge on any atom is -0.379 e. The van der Waals surface area contributed by atoms with E-state index in [1.54, 1.807) is 22.2 Å². The highest BCUT2D eigenvalue weighted by Gasteiger charge is 2.25. The summed E-state index contributed by atoms with van der Waals surface area (Å²) in [5.74, 6) is -0.839. The predicted molar refractivity (Wildman–Crippen MR) is 120 cm³/mol. The zero-order valence-electron chi connectivity index (χ0n) is 17.8. The van der Waals surface area contributed by atoms with Crippen LogP contribution in [0.15, 0.2) is 29.3 Å². The van der Waals surface area contributed by atoms with E-state index in [1.165, 1.54) is 10.9 Å². The molecule has 1 aliphatic heterocycles. The van der Waals surface area contributed by atoms with E-state index < -0.39 is 11.6 Å². The Kier molecular flexibility index (Phi) is 6.32. The van der Waals surface area contributed by atoms with Gasteiger partial charge >= 0.3 is 0 Å². The Balaban J connectivity index is 1.29. The first-order valence-corrected chi connectivity index (χ1v) is 11.9. The molecule has 0 radical (unpaired) electrons. The molecular formula is C23H26F2N4O2S. The van der Waals surface area contributed by atoms with Crippen LogP contribution in [0, 0.1) is 11.6 Å². The summed E-state index contributed by atoms with van der Waals surface area (Å²) in [4.78, 5) is 22.0. The summed E-state index contributed by atoms with van der Waals surface area (Å²) in [5, 5.41) is 4.11. The number of aromatic nitrogens is 2.